The monoisotopic (exact) mass is 187 g/mol. The van der Waals surface area contributed by atoms with Crippen LogP contribution in [0.5, 0.6) is 0 Å². The summed E-state index contributed by atoms with van der Waals surface area (Å²) in [7, 11) is 1.78. The minimum absolute atomic E-state index is 0.154. The molecular weight excluding hydrogens is 166 g/mol. The fourth-order valence-electron chi connectivity index (χ4n) is 1.75. The predicted molar refractivity (Wildman–Crippen MR) is 52.8 cm³/mol. The Balaban J connectivity index is 2.17. The third kappa shape index (κ3) is 3.63. The van der Waals surface area contributed by atoms with Gasteiger partial charge in [0, 0.05) is 26.7 Å². The van der Waals surface area contributed by atoms with E-state index in [1.165, 1.54) is 0 Å². The summed E-state index contributed by atoms with van der Waals surface area (Å²) in [5, 5.41) is 9.46. The van der Waals surface area contributed by atoms with Crippen LogP contribution in [0.2, 0.25) is 0 Å². The summed E-state index contributed by atoms with van der Waals surface area (Å²) >= 11 is 0. The molecule has 1 heterocycles. The van der Waals surface area contributed by atoms with Crippen molar-refractivity contribution in [2.75, 3.05) is 26.7 Å². The van der Waals surface area contributed by atoms with Crippen LogP contribution in [0.4, 0.5) is 0 Å². The zero-order valence-electron chi connectivity index (χ0n) is 8.70. The number of aliphatic hydroxyl groups is 1. The number of methoxy groups -OCH3 is 1. The number of ether oxygens (including phenoxy) is 1. The van der Waals surface area contributed by atoms with E-state index in [1.54, 1.807) is 7.11 Å². The van der Waals surface area contributed by atoms with Crippen molar-refractivity contribution in [3.8, 4) is 0 Å². The van der Waals surface area contributed by atoms with Crippen LogP contribution in [0.1, 0.15) is 26.2 Å². The van der Waals surface area contributed by atoms with Gasteiger partial charge in [-0.2, -0.15) is 0 Å². The molecule has 3 nitrogen and oxygen atoms in total. The molecule has 0 spiro atoms. The van der Waals surface area contributed by atoms with E-state index in [4.69, 9.17) is 4.74 Å². The molecule has 0 amide bonds. The lowest BCUT2D eigenvalue weighted by atomic mass is 10.1. The normalized spacial score (nSPS) is 23.3. The topological polar surface area (TPSA) is 32.7 Å². The summed E-state index contributed by atoms with van der Waals surface area (Å²) in [6, 6.07) is 0. The van der Waals surface area contributed by atoms with Crippen LogP contribution in [0.15, 0.2) is 0 Å². The van der Waals surface area contributed by atoms with Gasteiger partial charge in [0.05, 0.1) is 12.2 Å². The highest BCUT2D eigenvalue weighted by molar-refractivity contribution is 4.73. The van der Waals surface area contributed by atoms with Crippen molar-refractivity contribution < 1.29 is 9.84 Å². The van der Waals surface area contributed by atoms with Gasteiger partial charge in [-0.05, 0) is 19.3 Å². The summed E-state index contributed by atoms with van der Waals surface area (Å²) < 4.78 is 5.28. The van der Waals surface area contributed by atoms with Gasteiger partial charge in [0.1, 0.15) is 0 Å². The van der Waals surface area contributed by atoms with E-state index < -0.39 is 0 Å². The van der Waals surface area contributed by atoms with Gasteiger partial charge in [-0.3, -0.25) is 0 Å². The number of hydrogen-bond donors (Lipinski definition) is 1. The van der Waals surface area contributed by atoms with Gasteiger partial charge in [-0.1, -0.05) is 6.92 Å². The van der Waals surface area contributed by atoms with Gasteiger partial charge < -0.3 is 14.7 Å². The van der Waals surface area contributed by atoms with E-state index in [9.17, 15) is 5.11 Å². The zero-order chi connectivity index (χ0) is 9.68. The van der Waals surface area contributed by atoms with Gasteiger partial charge in [0.25, 0.3) is 0 Å². The van der Waals surface area contributed by atoms with Crippen LogP contribution in [0.25, 0.3) is 0 Å². The summed E-state index contributed by atoms with van der Waals surface area (Å²) in [5.41, 5.74) is 0. The van der Waals surface area contributed by atoms with Crippen LogP contribution < -0.4 is 0 Å². The second-order valence-electron chi connectivity index (χ2n) is 3.80. The van der Waals surface area contributed by atoms with E-state index in [2.05, 4.69) is 4.90 Å². The minimum atomic E-state index is -0.154. The summed E-state index contributed by atoms with van der Waals surface area (Å²) in [5.74, 6) is 0. The highest BCUT2D eigenvalue weighted by Crippen LogP contribution is 2.13. The van der Waals surface area contributed by atoms with E-state index in [0.717, 1.165) is 38.9 Å². The number of nitrogens with zero attached hydrogens (tertiary/aromatic N) is 1. The molecule has 13 heavy (non-hydrogen) atoms. The van der Waals surface area contributed by atoms with Crippen molar-refractivity contribution >= 4 is 0 Å². The van der Waals surface area contributed by atoms with E-state index in [0.29, 0.717) is 6.10 Å². The van der Waals surface area contributed by atoms with Crippen molar-refractivity contribution in [2.45, 2.75) is 38.4 Å². The zero-order valence-corrected chi connectivity index (χ0v) is 8.70. The quantitative estimate of drug-likeness (QED) is 0.709. The molecule has 0 aliphatic carbocycles. The lowest BCUT2D eigenvalue weighted by molar-refractivity contribution is 0.0240. The van der Waals surface area contributed by atoms with Crippen molar-refractivity contribution in [1.82, 2.24) is 4.90 Å². The molecule has 1 aliphatic rings. The molecule has 1 rings (SSSR count). The van der Waals surface area contributed by atoms with E-state index in [-0.39, 0.29) is 6.10 Å². The molecule has 1 saturated heterocycles. The second kappa shape index (κ2) is 5.58. The van der Waals surface area contributed by atoms with Crippen molar-refractivity contribution in [3.05, 3.63) is 0 Å². The Kier molecular flexibility index (Phi) is 4.70. The second-order valence-corrected chi connectivity index (χ2v) is 3.80. The maximum Gasteiger partial charge on any atom is 0.0664 e. The Labute approximate surface area is 80.7 Å². The van der Waals surface area contributed by atoms with E-state index in [1.807, 2.05) is 6.92 Å². The molecule has 1 N–H and O–H groups in total. The van der Waals surface area contributed by atoms with Crippen LogP contribution in [-0.2, 0) is 4.74 Å². The van der Waals surface area contributed by atoms with E-state index >= 15 is 0 Å². The van der Waals surface area contributed by atoms with Crippen LogP contribution in [-0.4, -0.2) is 49.0 Å². The molecule has 1 unspecified atom stereocenters. The number of β-amino-alcohol motifs (C(OH)–C–C–N with tert-alkyl or cyclic N) is 1. The lowest BCUT2D eigenvalue weighted by Gasteiger charge is -2.32. The highest BCUT2D eigenvalue weighted by Gasteiger charge is 2.19. The molecule has 0 saturated carbocycles. The molecule has 1 fully saturated rings. The van der Waals surface area contributed by atoms with Crippen LogP contribution in [0, 0.1) is 0 Å². The van der Waals surface area contributed by atoms with Crippen molar-refractivity contribution in [1.29, 1.82) is 0 Å². The largest absolute Gasteiger partial charge is 0.392 e. The molecule has 3 heteroatoms. The Morgan fingerprint density at radius 3 is 2.54 bits per heavy atom. The maximum atomic E-state index is 9.46. The summed E-state index contributed by atoms with van der Waals surface area (Å²) in [6.07, 6.45) is 3.35. The Bertz CT molecular complexity index is 133. The molecule has 1 atom stereocenters. The first kappa shape index (κ1) is 11.0. The highest BCUT2D eigenvalue weighted by atomic mass is 16.5. The van der Waals surface area contributed by atoms with Gasteiger partial charge in [0.2, 0.25) is 0 Å². The van der Waals surface area contributed by atoms with Crippen LogP contribution >= 0.6 is 0 Å². The smallest absolute Gasteiger partial charge is 0.0664 e. The fraction of sp³-hybridized carbons (Fsp3) is 1.00. The molecule has 0 aromatic heterocycles. The Morgan fingerprint density at radius 1 is 1.46 bits per heavy atom. The standard InChI is InChI=1S/C10H21NO2/c1-3-9(12)8-11-6-4-10(13-2)5-7-11/h9-10,12H,3-8H2,1-2H3. The third-order valence-corrected chi connectivity index (χ3v) is 2.81. The Morgan fingerprint density at radius 2 is 2.08 bits per heavy atom. The summed E-state index contributed by atoms with van der Waals surface area (Å²) in [4.78, 5) is 2.32. The molecule has 0 aromatic carbocycles. The molecule has 0 bridgehead atoms. The van der Waals surface area contributed by atoms with Gasteiger partial charge >= 0.3 is 0 Å². The van der Waals surface area contributed by atoms with Crippen molar-refractivity contribution in [3.63, 3.8) is 0 Å². The molecule has 0 aromatic rings. The van der Waals surface area contributed by atoms with Crippen molar-refractivity contribution in [2.24, 2.45) is 0 Å². The fourth-order valence-corrected chi connectivity index (χ4v) is 1.75. The Hall–Kier alpha value is -0.120. The molecule has 78 valence electrons. The predicted octanol–water partition coefficient (Wildman–Crippen LogP) is 0.868. The van der Waals surface area contributed by atoms with Gasteiger partial charge in [-0.15, -0.1) is 0 Å². The number of rotatable bonds is 4. The van der Waals surface area contributed by atoms with Crippen LogP contribution in [0.3, 0.4) is 0 Å². The first-order chi connectivity index (χ1) is 6.26. The number of likely N-dealkylation sites (tertiary alicyclic amines) is 1. The number of hydrogen-bond acceptors (Lipinski definition) is 3. The molecule has 1 aliphatic heterocycles. The average Bonchev–Trinajstić information content (AvgIpc) is 2.19. The minimum Gasteiger partial charge on any atom is -0.392 e. The average molecular weight is 187 g/mol. The SMILES string of the molecule is CCC(O)CN1CCC(OC)CC1. The first-order valence-corrected chi connectivity index (χ1v) is 5.19. The lowest BCUT2D eigenvalue weighted by Crippen LogP contribution is -2.40. The maximum absolute atomic E-state index is 9.46. The molecular formula is C10H21NO2. The van der Waals surface area contributed by atoms with Gasteiger partial charge in [0.15, 0.2) is 0 Å². The van der Waals surface area contributed by atoms with Gasteiger partial charge in [-0.25, -0.2) is 0 Å². The first-order valence-electron chi connectivity index (χ1n) is 5.19. The number of piperidine rings is 1. The third-order valence-electron chi connectivity index (χ3n) is 2.81. The molecule has 0 radical (unpaired) electrons. The summed E-state index contributed by atoms with van der Waals surface area (Å²) in [6.45, 7) is 4.98. The number of aliphatic hydroxyl groups excluding tert-OH is 1.